The average molecular weight is 300 g/mol. The fourth-order valence-electron chi connectivity index (χ4n) is 1.97. The summed E-state index contributed by atoms with van der Waals surface area (Å²) in [5.74, 6) is 1.33. The Balaban J connectivity index is 1.73. The van der Waals surface area contributed by atoms with Gasteiger partial charge in [-0.3, -0.25) is 0 Å². The Morgan fingerprint density at radius 2 is 2.12 bits per heavy atom. The van der Waals surface area contributed by atoms with E-state index in [9.17, 15) is 0 Å². The van der Waals surface area contributed by atoms with Crippen molar-refractivity contribution in [1.82, 2.24) is 0 Å². The van der Waals surface area contributed by atoms with Crippen LogP contribution in [0.25, 0.3) is 0 Å². The maximum absolute atomic E-state index is 6.04. The minimum Gasteiger partial charge on any atom is -0.494 e. The molecule has 1 fully saturated rings. The number of hydrogen-bond acceptors (Lipinski definition) is 3. The molecule has 1 aromatic carbocycles. The highest BCUT2D eigenvalue weighted by Crippen LogP contribution is 2.19. The zero-order valence-corrected chi connectivity index (χ0v) is 11.4. The molecule has 2 unspecified atom stereocenters. The summed E-state index contributed by atoms with van der Waals surface area (Å²) in [4.78, 5) is 0. The minimum atomic E-state index is 0.261. The van der Waals surface area contributed by atoms with Crippen molar-refractivity contribution in [2.24, 2.45) is 11.7 Å². The van der Waals surface area contributed by atoms with Crippen LogP contribution >= 0.6 is 15.9 Å². The van der Waals surface area contributed by atoms with Crippen LogP contribution in [0.2, 0.25) is 0 Å². The van der Waals surface area contributed by atoms with E-state index in [-0.39, 0.29) is 6.04 Å². The van der Waals surface area contributed by atoms with Crippen molar-refractivity contribution < 1.29 is 9.47 Å². The van der Waals surface area contributed by atoms with Gasteiger partial charge in [-0.2, -0.15) is 0 Å². The number of nitrogens with two attached hydrogens (primary N) is 1. The van der Waals surface area contributed by atoms with Crippen LogP contribution in [0.3, 0.4) is 0 Å². The van der Waals surface area contributed by atoms with E-state index < -0.39 is 0 Å². The van der Waals surface area contributed by atoms with Gasteiger partial charge in [0.05, 0.1) is 13.2 Å². The van der Waals surface area contributed by atoms with E-state index in [1.165, 1.54) is 0 Å². The maximum Gasteiger partial charge on any atom is 0.119 e. The summed E-state index contributed by atoms with van der Waals surface area (Å²) in [6, 6.07) is 8.13. The Morgan fingerprint density at radius 3 is 2.82 bits per heavy atom. The lowest BCUT2D eigenvalue weighted by atomic mass is 9.94. The number of benzene rings is 1. The average Bonchev–Trinajstić information content (AvgIpc) is 2.34. The largest absolute Gasteiger partial charge is 0.494 e. The van der Waals surface area contributed by atoms with Crippen molar-refractivity contribution in [1.29, 1.82) is 0 Å². The Labute approximate surface area is 110 Å². The molecule has 0 bridgehead atoms. The second-order valence-corrected chi connectivity index (χ2v) is 5.29. The maximum atomic E-state index is 6.04. The van der Waals surface area contributed by atoms with Crippen LogP contribution in [0.4, 0.5) is 0 Å². The molecular formula is C13H18BrNO2. The van der Waals surface area contributed by atoms with Crippen molar-refractivity contribution in [3.8, 4) is 5.75 Å². The molecule has 1 heterocycles. The van der Waals surface area contributed by atoms with Crippen LogP contribution in [-0.4, -0.2) is 25.9 Å². The molecule has 0 radical (unpaired) electrons. The Hall–Kier alpha value is -0.580. The van der Waals surface area contributed by atoms with Gasteiger partial charge in [0.15, 0.2) is 0 Å². The fraction of sp³-hybridized carbons (Fsp3) is 0.538. The van der Waals surface area contributed by atoms with E-state index in [1.54, 1.807) is 0 Å². The van der Waals surface area contributed by atoms with Gasteiger partial charge in [0, 0.05) is 23.0 Å². The van der Waals surface area contributed by atoms with Crippen molar-refractivity contribution in [2.75, 3.05) is 19.8 Å². The molecule has 0 aliphatic carbocycles. The van der Waals surface area contributed by atoms with E-state index in [0.717, 1.165) is 36.3 Å². The first kappa shape index (κ1) is 12.9. The van der Waals surface area contributed by atoms with Crippen LogP contribution in [-0.2, 0) is 4.74 Å². The molecule has 0 spiro atoms. The highest BCUT2D eigenvalue weighted by atomic mass is 79.9. The molecule has 4 heteroatoms. The second-order valence-electron chi connectivity index (χ2n) is 4.38. The zero-order valence-electron chi connectivity index (χ0n) is 9.77. The number of halogens is 1. The second kappa shape index (κ2) is 6.38. The molecule has 94 valence electrons. The standard InChI is InChI=1S/C13H18BrNO2/c14-11-1-3-12(4-2-11)17-8-5-10-9-16-7-6-13(10)15/h1-4,10,13H,5-9,15H2. The van der Waals surface area contributed by atoms with Gasteiger partial charge in [0.2, 0.25) is 0 Å². The molecule has 0 aromatic heterocycles. The lowest BCUT2D eigenvalue weighted by Gasteiger charge is -2.28. The third-order valence-corrected chi connectivity index (χ3v) is 3.63. The van der Waals surface area contributed by atoms with Crippen LogP contribution in [0.15, 0.2) is 28.7 Å². The van der Waals surface area contributed by atoms with Crippen LogP contribution in [0.1, 0.15) is 12.8 Å². The molecule has 3 nitrogen and oxygen atoms in total. The fourth-order valence-corrected chi connectivity index (χ4v) is 2.23. The minimum absolute atomic E-state index is 0.261. The molecular weight excluding hydrogens is 282 g/mol. The zero-order chi connectivity index (χ0) is 12.1. The van der Waals surface area contributed by atoms with Gasteiger partial charge in [-0.1, -0.05) is 15.9 Å². The van der Waals surface area contributed by atoms with Crippen LogP contribution in [0, 0.1) is 5.92 Å². The van der Waals surface area contributed by atoms with E-state index >= 15 is 0 Å². The van der Waals surface area contributed by atoms with Crippen molar-refractivity contribution in [2.45, 2.75) is 18.9 Å². The van der Waals surface area contributed by atoms with Crippen molar-refractivity contribution in [3.05, 3.63) is 28.7 Å². The number of rotatable bonds is 4. The van der Waals surface area contributed by atoms with Crippen molar-refractivity contribution >= 4 is 15.9 Å². The van der Waals surface area contributed by atoms with E-state index in [1.807, 2.05) is 24.3 Å². The molecule has 2 rings (SSSR count). The molecule has 1 saturated heterocycles. The number of hydrogen-bond donors (Lipinski definition) is 1. The monoisotopic (exact) mass is 299 g/mol. The molecule has 2 atom stereocenters. The van der Waals surface area contributed by atoms with E-state index in [4.69, 9.17) is 15.2 Å². The van der Waals surface area contributed by atoms with Crippen molar-refractivity contribution in [3.63, 3.8) is 0 Å². The smallest absolute Gasteiger partial charge is 0.119 e. The van der Waals surface area contributed by atoms with Gasteiger partial charge in [-0.05, 0) is 37.1 Å². The molecule has 17 heavy (non-hydrogen) atoms. The molecule has 2 N–H and O–H groups in total. The quantitative estimate of drug-likeness (QED) is 0.929. The number of ether oxygens (including phenoxy) is 2. The first-order chi connectivity index (χ1) is 8.25. The van der Waals surface area contributed by atoms with Gasteiger partial charge < -0.3 is 15.2 Å². The van der Waals surface area contributed by atoms with E-state index in [2.05, 4.69) is 15.9 Å². The Bertz CT molecular complexity index is 342. The molecule has 0 saturated carbocycles. The lowest BCUT2D eigenvalue weighted by Crippen LogP contribution is -2.39. The molecule has 1 aromatic rings. The first-order valence-corrected chi connectivity index (χ1v) is 6.76. The summed E-state index contributed by atoms with van der Waals surface area (Å²) in [5, 5.41) is 0. The highest BCUT2D eigenvalue weighted by Gasteiger charge is 2.21. The predicted molar refractivity (Wildman–Crippen MR) is 71.2 cm³/mol. The highest BCUT2D eigenvalue weighted by molar-refractivity contribution is 9.10. The molecule has 1 aliphatic heterocycles. The Morgan fingerprint density at radius 1 is 1.35 bits per heavy atom. The predicted octanol–water partition coefficient (Wildman–Crippen LogP) is 2.58. The molecule has 1 aliphatic rings. The van der Waals surface area contributed by atoms with Gasteiger partial charge in [0.25, 0.3) is 0 Å². The summed E-state index contributed by atoms with van der Waals surface area (Å²) in [5.41, 5.74) is 6.04. The van der Waals surface area contributed by atoms with Gasteiger partial charge in [0.1, 0.15) is 5.75 Å². The van der Waals surface area contributed by atoms with Gasteiger partial charge in [-0.15, -0.1) is 0 Å². The molecule has 0 amide bonds. The summed E-state index contributed by atoms with van der Waals surface area (Å²) < 4.78 is 12.2. The van der Waals surface area contributed by atoms with Gasteiger partial charge in [-0.25, -0.2) is 0 Å². The summed E-state index contributed by atoms with van der Waals surface area (Å²) in [6.45, 7) is 2.26. The van der Waals surface area contributed by atoms with E-state index in [0.29, 0.717) is 12.5 Å². The van der Waals surface area contributed by atoms with Crippen LogP contribution in [0.5, 0.6) is 5.75 Å². The topological polar surface area (TPSA) is 44.5 Å². The Kier molecular flexibility index (Phi) is 4.83. The summed E-state index contributed by atoms with van der Waals surface area (Å²) in [7, 11) is 0. The van der Waals surface area contributed by atoms with Crippen LogP contribution < -0.4 is 10.5 Å². The third kappa shape index (κ3) is 3.98. The first-order valence-electron chi connectivity index (χ1n) is 5.97. The summed E-state index contributed by atoms with van der Waals surface area (Å²) in [6.07, 6.45) is 1.92. The SMILES string of the molecule is NC1CCOCC1CCOc1ccc(Br)cc1. The normalized spacial score (nSPS) is 24.6. The third-order valence-electron chi connectivity index (χ3n) is 3.10. The summed E-state index contributed by atoms with van der Waals surface area (Å²) >= 11 is 3.40. The lowest BCUT2D eigenvalue weighted by molar-refractivity contribution is 0.0335. The van der Waals surface area contributed by atoms with Gasteiger partial charge >= 0.3 is 0 Å².